The Bertz CT molecular complexity index is 1240. The lowest BCUT2D eigenvalue weighted by molar-refractivity contribution is 0.0464. The number of halogens is 2. The van der Waals surface area contributed by atoms with Crippen LogP contribution in [0.2, 0.25) is 0 Å². The molecule has 0 fully saturated rings. The highest BCUT2D eigenvalue weighted by Crippen LogP contribution is 2.32. The quantitative estimate of drug-likeness (QED) is 0.331. The van der Waals surface area contributed by atoms with Gasteiger partial charge in [-0.2, -0.15) is 0 Å². The number of alkyl halides is 1. The molecule has 162 valence electrons. The first-order valence-corrected chi connectivity index (χ1v) is 9.78. The lowest BCUT2D eigenvalue weighted by Crippen LogP contribution is -2.04. The zero-order valence-corrected chi connectivity index (χ0v) is 17.2. The molecule has 0 aliphatic heterocycles. The zero-order chi connectivity index (χ0) is 22.5. The molecule has 0 aliphatic carbocycles. The Kier molecular flexibility index (Phi) is 6.37. The van der Waals surface area contributed by atoms with E-state index in [0.717, 1.165) is 16.7 Å². The van der Waals surface area contributed by atoms with Crippen molar-refractivity contribution < 1.29 is 27.6 Å². The Labute approximate surface area is 183 Å². The van der Waals surface area contributed by atoms with Gasteiger partial charge >= 0.3 is 5.97 Å². The van der Waals surface area contributed by atoms with Crippen LogP contribution in [0.4, 0.5) is 8.78 Å². The first-order chi connectivity index (χ1) is 15.6. The van der Waals surface area contributed by atoms with Crippen molar-refractivity contribution in [2.45, 2.75) is 6.61 Å². The molecule has 4 aromatic rings. The summed E-state index contributed by atoms with van der Waals surface area (Å²) in [5, 5.41) is 4.02. The summed E-state index contributed by atoms with van der Waals surface area (Å²) in [5.74, 6) is -1.01. The van der Waals surface area contributed by atoms with Crippen LogP contribution in [-0.2, 0) is 16.1 Å². The Balaban J connectivity index is 1.66. The Morgan fingerprint density at radius 2 is 1.75 bits per heavy atom. The number of esters is 1. The molecular formula is C25H19F2NO4. The largest absolute Gasteiger partial charge is 0.465 e. The number of carbonyl (C=O) groups is 1. The first-order valence-electron chi connectivity index (χ1n) is 9.78. The lowest BCUT2D eigenvalue weighted by atomic mass is 9.97. The van der Waals surface area contributed by atoms with Gasteiger partial charge in [-0.3, -0.25) is 0 Å². The van der Waals surface area contributed by atoms with Crippen molar-refractivity contribution in [2.24, 2.45) is 0 Å². The van der Waals surface area contributed by atoms with Crippen LogP contribution in [0.1, 0.15) is 15.9 Å². The number of rotatable bonds is 7. The second-order valence-electron chi connectivity index (χ2n) is 6.96. The molecule has 0 saturated carbocycles. The van der Waals surface area contributed by atoms with E-state index in [4.69, 9.17) is 9.26 Å². The summed E-state index contributed by atoms with van der Waals surface area (Å²) in [5.41, 5.74) is 4.11. The van der Waals surface area contributed by atoms with Gasteiger partial charge in [0, 0.05) is 17.2 Å². The fraction of sp³-hybridized carbons (Fsp3) is 0.120. The fourth-order valence-electron chi connectivity index (χ4n) is 3.41. The average molecular weight is 435 g/mol. The molecule has 0 radical (unpaired) electrons. The van der Waals surface area contributed by atoms with Crippen molar-refractivity contribution >= 4 is 5.97 Å². The van der Waals surface area contributed by atoms with Crippen LogP contribution >= 0.6 is 0 Å². The smallest absolute Gasteiger partial charge is 0.340 e. The summed E-state index contributed by atoms with van der Waals surface area (Å²) in [7, 11) is 1.19. The molecule has 0 N–H and O–H groups in total. The molecule has 5 nitrogen and oxygen atoms in total. The molecule has 0 aliphatic rings. The van der Waals surface area contributed by atoms with E-state index in [9.17, 15) is 13.6 Å². The summed E-state index contributed by atoms with van der Waals surface area (Å²) < 4.78 is 42.0. The molecule has 0 atom stereocenters. The van der Waals surface area contributed by atoms with Crippen molar-refractivity contribution in [3.63, 3.8) is 0 Å². The van der Waals surface area contributed by atoms with Crippen molar-refractivity contribution in [3.05, 3.63) is 89.7 Å². The predicted octanol–water partition coefficient (Wildman–Crippen LogP) is 6.04. The highest BCUT2D eigenvalue weighted by atomic mass is 19.1. The van der Waals surface area contributed by atoms with E-state index in [1.807, 2.05) is 48.5 Å². The molecule has 0 bridgehead atoms. The van der Waals surface area contributed by atoms with Crippen LogP contribution in [0.25, 0.3) is 33.7 Å². The predicted molar refractivity (Wildman–Crippen MR) is 115 cm³/mol. The number of carbonyl (C=O) groups excluding carboxylic acids is 1. The maximum atomic E-state index is 14.3. The highest BCUT2D eigenvalue weighted by molar-refractivity contribution is 5.90. The first kappa shape index (κ1) is 21.4. The fourth-order valence-corrected chi connectivity index (χ4v) is 3.41. The van der Waals surface area contributed by atoms with Crippen molar-refractivity contribution in [3.8, 4) is 33.7 Å². The van der Waals surface area contributed by atoms with E-state index in [-0.39, 0.29) is 12.2 Å². The summed E-state index contributed by atoms with van der Waals surface area (Å²) >= 11 is 0. The van der Waals surface area contributed by atoms with Crippen molar-refractivity contribution in [1.29, 1.82) is 0 Å². The van der Waals surface area contributed by atoms with E-state index in [1.54, 1.807) is 12.1 Å². The Morgan fingerprint density at radius 3 is 2.47 bits per heavy atom. The van der Waals surface area contributed by atoms with Crippen molar-refractivity contribution in [1.82, 2.24) is 5.16 Å². The van der Waals surface area contributed by atoms with Gasteiger partial charge in [-0.05, 0) is 34.9 Å². The van der Waals surface area contributed by atoms with Crippen LogP contribution in [0.5, 0.6) is 0 Å². The number of benzene rings is 3. The lowest BCUT2D eigenvalue weighted by Gasteiger charge is -2.11. The van der Waals surface area contributed by atoms with Crippen molar-refractivity contribution in [2.75, 3.05) is 14.0 Å². The van der Waals surface area contributed by atoms with Crippen LogP contribution in [-0.4, -0.2) is 25.1 Å². The minimum Gasteiger partial charge on any atom is -0.465 e. The van der Waals surface area contributed by atoms with Gasteiger partial charge in [-0.25, -0.2) is 13.6 Å². The topological polar surface area (TPSA) is 61.6 Å². The van der Waals surface area contributed by atoms with E-state index in [2.05, 4.69) is 9.89 Å². The van der Waals surface area contributed by atoms with Crippen LogP contribution in [0.3, 0.4) is 0 Å². The van der Waals surface area contributed by atoms with Gasteiger partial charge in [0.15, 0.2) is 12.6 Å². The molecular weight excluding hydrogens is 416 g/mol. The van der Waals surface area contributed by atoms with Crippen LogP contribution in [0.15, 0.2) is 77.3 Å². The molecule has 0 saturated heterocycles. The summed E-state index contributed by atoms with van der Waals surface area (Å²) in [6.07, 6.45) is 0. The van der Waals surface area contributed by atoms with Crippen LogP contribution < -0.4 is 0 Å². The molecule has 32 heavy (non-hydrogen) atoms. The summed E-state index contributed by atoms with van der Waals surface area (Å²) in [6.45, 7) is -0.798. The number of methoxy groups -OCH3 is 1. The number of hydrogen-bond donors (Lipinski definition) is 0. The van der Waals surface area contributed by atoms with E-state index < -0.39 is 18.6 Å². The minimum absolute atomic E-state index is 0.0930. The molecule has 7 heteroatoms. The van der Waals surface area contributed by atoms with Gasteiger partial charge in [0.05, 0.1) is 19.3 Å². The van der Waals surface area contributed by atoms with Gasteiger partial charge in [0.25, 0.3) is 0 Å². The molecule has 0 spiro atoms. The average Bonchev–Trinajstić information content (AvgIpc) is 3.33. The second kappa shape index (κ2) is 9.53. The number of nitrogens with zero attached hydrogens (tertiary/aromatic N) is 1. The SMILES string of the molecule is COC(=O)c1ccc(-c2cc(-c3ccc(-c4ccccc4)c(COCF)c3)on2)cc1F. The summed E-state index contributed by atoms with van der Waals surface area (Å²) in [6, 6.07) is 21.1. The van der Waals surface area contributed by atoms with Gasteiger partial charge < -0.3 is 14.0 Å². The third-order valence-electron chi connectivity index (χ3n) is 4.99. The molecule has 0 amide bonds. The standard InChI is InChI=1S/C25H19F2NO4/c1-30-25(29)21-10-7-17(12-22(21)27)23-13-24(32-28-23)18-8-9-20(16-5-3-2-4-6-16)19(11-18)14-31-15-26/h2-13H,14-15H2,1H3. The third-order valence-corrected chi connectivity index (χ3v) is 4.99. The van der Waals surface area contributed by atoms with Gasteiger partial charge in [-0.1, -0.05) is 53.7 Å². The normalized spacial score (nSPS) is 10.8. The van der Waals surface area contributed by atoms with Crippen LogP contribution in [0, 0.1) is 5.82 Å². The number of hydrogen-bond acceptors (Lipinski definition) is 5. The monoisotopic (exact) mass is 435 g/mol. The van der Waals surface area contributed by atoms with E-state index >= 15 is 0 Å². The number of ether oxygens (including phenoxy) is 2. The molecule has 1 aromatic heterocycles. The van der Waals surface area contributed by atoms with E-state index in [0.29, 0.717) is 22.6 Å². The molecule has 0 unspecified atom stereocenters. The molecule has 4 rings (SSSR count). The molecule has 1 heterocycles. The van der Waals surface area contributed by atoms with E-state index in [1.165, 1.54) is 19.2 Å². The Morgan fingerprint density at radius 1 is 0.969 bits per heavy atom. The maximum absolute atomic E-state index is 14.3. The van der Waals surface area contributed by atoms with Gasteiger partial charge in [-0.15, -0.1) is 0 Å². The molecule has 3 aromatic carbocycles. The zero-order valence-electron chi connectivity index (χ0n) is 17.2. The van der Waals surface area contributed by atoms with Gasteiger partial charge in [0.1, 0.15) is 11.5 Å². The Hall–Kier alpha value is -3.84. The minimum atomic E-state index is -0.891. The third kappa shape index (κ3) is 4.43. The number of aromatic nitrogens is 1. The summed E-state index contributed by atoms with van der Waals surface area (Å²) in [4.78, 5) is 11.6. The maximum Gasteiger partial charge on any atom is 0.340 e. The second-order valence-corrected chi connectivity index (χ2v) is 6.96. The van der Waals surface area contributed by atoms with Gasteiger partial charge in [0.2, 0.25) is 0 Å². The highest BCUT2D eigenvalue weighted by Gasteiger charge is 2.16.